The summed E-state index contributed by atoms with van der Waals surface area (Å²) in [5.74, 6) is -7.24. The first-order chi connectivity index (χ1) is 15.8. The van der Waals surface area contributed by atoms with Crippen molar-refractivity contribution in [1.29, 1.82) is 0 Å². The van der Waals surface area contributed by atoms with Crippen LogP contribution < -0.4 is 10.1 Å². The number of nitrogens with one attached hydrogen (secondary N) is 1. The topological polar surface area (TPSA) is 77.5 Å². The number of hydrogen-bond acceptors (Lipinski definition) is 5. The van der Waals surface area contributed by atoms with Crippen LogP contribution in [0.4, 0.5) is 27.6 Å². The molecule has 1 aliphatic rings. The second-order valence-corrected chi connectivity index (χ2v) is 8.15. The second kappa shape index (κ2) is 9.28. The molecule has 1 aliphatic heterocycles. The van der Waals surface area contributed by atoms with Gasteiger partial charge in [0.2, 0.25) is 5.82 Å². The molecule has 1 fully saturated rings. The summed E-state index contributed by atoms with van der Waals surface area (Å²) in [5.41, 5.74) is -2.75. The van der Waals surface area contributed by atoms with Crippen LogP contribution >= 0.6 is 0 Å². The van der Waals surface area contributed by atoms with Gasteiger partial charge in [-0.3, -0.25) is 14.6 Å². The number of nitrogens with zero attached hydrogens (tertiary/aromatic N) is 1. The van der Waals surface area contributed by atoms with Crippen LogP contribution in [0.1, 0.15) is 49.7 Å². The van der Waals surface area contributed by atoms with Crippen LogP contribution in [0.25, 0.3) is 0 Å². The standard InChI is InChI=1S/C23H23F5N2O4/c1-5-33-19-14(6-7-15(24)18(19)25)17-11(2)22(4,23(26,27)28)34-20(17)21(32)30-13-8-9-29-16(10-13)12(3)31/h6-11,17,20H,5H2,1-4H3,(H,29,30,32)/t11-,17-,20+,22+/m1/s1. The van der Waals surface area contributed by atoms with Gasteiger partial charge >= 0.3 is 6.18 Å². The zero-order valence-corrected chi connectivity index (χ0v) is 18.8. The Bertz CT molecular complexity index is 1110. The van der Waals surface area contributed by atoms with E-state index >= 15 is 0 Å². The van der Waals surface area contributed by atoms with Crippen LogP contribution in [0.3, 0.4) is 0 Å². The number of pyridine rings is 1. The number of carbonyl (C=O) groups is 2. The van der Waals surface area contributed by atoms with E-state index in [1.807, 2.05) is 0 Å². The summed E-state index contributed by atoms with van der Waals surface area (Å²) in [6.07, 6.45) is -5.35. The SMILES string of the molecule is CCOc1c([C@@H]2[C@@H](C(=O)Nc3ccnc(C(C)=O)c3)O[C@](C)(C(F)(F)F)[C@@H]2C)ccc(F)c1F. The Balaban J connectivity index is 2.09. The predicted molar refractivity (Wildman–Crippen MR) is 112 cm³/mol. The monoisotopic (exact) mass is 486 g/mol. The minimum absolute atomic E-state index is 0.0365. The van der Waals surface area contributed by atoms with E-state index in [2.05, 4.69) is 10.3 Å². The molecule has 2 heterocycles. The van der Waals surface area contributed by atoms with Gasteiger partial charge in [-0.05, 0) is 32.0 Å². The van der Waals surface area contributed by atoms with Gasteiger partial charge < -0.3 is 14.8 Å². The van der Waals surface area contributed by atoms with E-state index in [0.29, 0.717) is 0 Å². The van der Waals surface area contributed by atoms with E-state index in [9.17, 15) is 31.5 Å². The molecule has 184 valence electrons. The molecule has 0 saturated carbocycles. The lowest BCUT2D eigenvalue weighted by molar-refractivity contribution is -0.272. The molecular weight excluding hydrogens is 463 g/mol. The molecule has 2 aromatic rings. The van der Waals surface area contributed by atoms with E-state index < -0.39 is 53.0 Å². The van der Waals surface area contributed by atoms with Gasteiger partial charge in [-0.25, -0.2) is 4.39 Å². The van der Waals surface area contributed by atoms with Crippen molar-refractivity contribution in [1.82, 2.24) is 4.98 Å². The lowest BCUT2D eigenvalue weighted by atomic mass is 9.77. The molecular formula is C23H23F5N2O4. The van der Waals surface area contributed by atoms with Gasteiger partial charge in [0.1, 0.15) is 11.8 Å². The first-order valence-corrected chi connectivity index (χ1v) is 10.4. The van der Waals surface area contributed by atoms with Crippen LogP contribution in [0.2, 0.25) is 0 Å². The Morgan fingerprint density at radius 3 is 2.50 bits per heavy atom. The molecule has 0 unspecified atom stereocenters. The molecule has 4 atom stereocenters. The van der Waals surface area contributed by atoms with E-state index in [4.69, 9.17) is 9.47 Å². The molecule has 1 N–H and O–H groups in total. The summed E-state index contributed by atoms with van der Waals surface area (Å²) in [5, 5.41) is 2.43. The molecule has 0 radical (unpaired) electrons. The zero-order chi connectivity index (χ0) is 25.4. The van der Waals surface area contributed by atoms with Gasteiger partial charge in [0.25, 0.3) is 5.91 Å². The number of halogens is 5. The minimum Gasteiger partial charge on any atom is -0.490 e. The maximum absolute atomic E-state index is 14.5. The van der Waals surface area contributed by atoms with E-state index in [1.165, 1.54) is 39.1 Å². The van der Waals surface area contributed by atoms with Gasteiger partial charge in [-0.2, -0.15) is 17.6 Å². The van der Waals surface area contributed by atoms with Gasteiger partial charge in [0.05, 0.1) is 6.61 Å². The summed E-state index contributed by atoms with van der Waals surface area (Å²) >= 11 is 0. The van der Waals surface area contributed by atoms with E-state index in [0.717, 1.165) is 19.1 Å². The number of aromatic nitrogens is 1. The van der Waals surface area contributed by atoms with Crippen LogP contribution in [0, 0.1) is 17.6 Å². The number of ketones is 1. The molecule has 1 aromatic heterocycles. The number of ether oxygens (including phenoxy) is 2. The fraction of sp³-hybridized carbons (Fsp3) is 0.435. The highest BCUT2D eigenvalue weighted by Gasteiger charge is 2.65. The molecule has 34 heavy (non-hydrogen) atoms. The molecule has 1 aromatic carbocycles. The molecule has 0 spiro atoms. The summed E-state index contributed by atoms with van der Waals surface area (Å²) < 4.78 is 81.0. The van der Waals surface area contributed by atoms with Gasteiger partial charge in [0, 0.05) is 36.2 Å². The lowest BCUT2D eigenvalue weighted by Gasteiger charge is -2.32. The number of carbonyl (C=O) groups excluding carboxylic acids is 2. The Labute approximate surface area is 192 Å². The summed E-state index contributed by atoms with van der Waals surface area (Å²) in [7, 11) is 0. The van der Waals surface area contributed by atoms with Crippen molar-refractivity contribution in [3.05, 3.63) is 53.4 Å². The highest BCUT2D eigenvalue weighted by molar-refractivity contribution is 5.97. The van der Waals surface area contributed by atoms with E-state index in [-0.39, 0.29) is 29.3 Å². The third-order valence-electron chi connectivity index (χ3n) is 6.04. The van der Waals surface area contributed by atoms with Crippen molar-refractivity contribution in [3.63, 3.8) is 0 Å². The first kappa shape index (κ1) is 25.5. The molecule has 0 aliphatic carbocycles. The number of Topliss-reactive ketones (excluding diaryl/α,β-unsaturated/α-hetero) is 1. The Hall–Kier alpha value is -3.08. The maximum atomic E-state index is 14.5. The maximum Gasteiger partial charge on any atom is 0.417 e. The highest BCUT2D eigenvalue weighted by Crippen LogP contribution is 2.55. The fourth-order valence-electron chi connectivity index (χ4n) is 4.04. The summed E-state index contributed by atoms with van der Waals surface area (Å²) in [6.45, 7) is 4.70. The number of anilines is 1. The Kier molecular flexibility index (Phi) is 6.97. The Morgan fingerprint density at radius 1 is 1.24 bits per heavy atom. The van der Waals surface area contributed by atoms with Gasteiger partial charge in [-0.15, -0.1) is 0 Å². The zero-order valence-electron chi connectivity index (χ0n) is 18.8. The molecule has 6 nitrogen and oxygen atoms in total. The number of amides is 1. The molecule has 1 saturated heterocycles. The second-order valence-electron chi connectivity index (χ2n) is 8.15. The van der Waals surface area contributed by atoms with Crippen molar-refractivity contribution in [2.45, 2.75) is 51.5 Å². The number of benzene rings is 1. The Morgan fingerprint density at radius 2 is 1.91 bits per heavy atom. The predicted octanol–water partition coefficient (Wildman–Crippen LogP) is 5.04. The third kappa shape index (κ3) is 4.48. The fourth-order valence-corrected chi connectivity index (χ4v) is 4.04. The van der Waals surface area contributed by atoms with Crippen molar-refractivity contribution in [2.75, 3.05) is 11.9 Å². The number of hydrogen-bond donors (Lipinski definition) is 1. The summed E-state index contributed by atoms with van der Waals surface area (Å²) in [4.78, 5) is 28.6. The van der Waals surface area contributed by atoms with Crippen LogP contribution in [-0.4, -0.2) is 41.2 Å². The number of alkyl halides is 3. The summed E-state index contributed by atoms with van der Waals surface area (Å²) in [6, 6.07) is 4.47. The van der Waals surface area contributed by atoms with Crippen molar-refractivity contribution in [2.24, 2.45) is 5.92 Å². The minimum atomic E-state index is -4.87. The van der Waals surface area contributed by atoms with Crippen molar-refractivity contribution < 1.29 is 41.0 Å². The van der Waals surface area contributed by atoms with Crippen LogP contribution in [-0.2, 0) is 9.53 Å². The first-order valence-electron chi connectivity index (χ1n) is 10.4. The van der Waals surface area contributed by atoms with Crippen molar-refractivity contribution >= 4 is 17.4 Å². The number of rotatable bonds is 6. The van der Waals surface area contributed by atoms with E-state index in [1.54, 1.807) is 0 Å². The van der Waals surface area contributed by atoms with Gasteiger partial charge in [-0.1, -0.05) is 13.0 Å². The quantitative estimate of drug-likeness (QED) is 0.457. The average molecular weight is 486 g/mol. The molecule has 1 amide bonds. The normalized spacial score (nSPS) is 24.7. The van der Waals surface area contributed by atoms with Crippen molar-refractivity contribution in [3.8, 4) is 5.75 Å². The molecule has 0 bridgehead atoms. The van der Waals surface area contributed by atoms with Crippen LogP contribution in [0.15, 0.2) is 30.5 Å². The molecule has 3 rings (SSSR count). The lowest BCUT2D eigenvalue weighted by Crippen LogP contribution is -2.47. The highest BCUT2D eigenvalue weighted by atomic mass is 19.4. The smallest absolute Gasteiger partial charge is 0.417 e. The van der Waals surface area contributed by atoms with Crippen LogP contribution in [0.5, 0.6) is 5.75 Å². The third-order valence-corrected chi connectivity index (χ3v) is 6.04. The molecule has 11 heteroatoms. The average Bonchev–Trinajstić information content (AvgIpc) is 3.04. The largest absolute Gasteiger partial charge is 0.490 e. The van der Waals surface area contributed by atoms with Gasteiger partial charge in [0.15, 0.2) is 23.0 Å².